The molecule has 1 saturated heterocycles. The molecule has 26 heavy (non-hydrogen) atoms. The predicted octanol–water partition coefficient (Wildman–Crippen LogP) is 1.84. The van der Waals surface area contributed by atoms with Gasteiger partial charge in [-0.3, -0.25) is 9.59 Å². The van der Waals surface area contributed by atoms with Crippen molar-refractivity contribution < 1.29 is 19.1 Å². The van der Waals surface area contributed by atoms with Crippen LogP contribution in [0.4, 0.5) is 5.00 Å². The first-order chi connectivity index (χ1) is 12.0. The van der Waals surface area contributed by atoms with E-state index in [1.165, 1.54) is 18.4 Å². The van der Waals surface area contributed by atoms with Gasteiger partial charge < -0.3 is 20.7 Å². The molecule has 1 unspecified atom stereocenters. The molecule has 3 N–H and O–H groups in total. The first-order valence-electron chi connectivity index (χ1n) is 8.53. The van der Waals surface area contributed by atoms with Crippen LogP contribution in [0.2, 0.25) is 0 Å². The van der Waals surface area contributed by atoms with Gasteiger partial charge in [0.25, 0.3) is 0 Å². The monoisotopic (exact) mass is 401 g/mol. The van der Waals surface area contributed by atoms with E-state index in [0.29, 0.717) is 36.4 Å². The summed E-state index contributed by atoms with van der Waals surface area (Å²) in [4.78, 5) is 38.6. The molecule has 2 aliphatic rings. The van der Waals surface area contributed by atoms with Gasteiger partial charge in [0.15, 0.2) is 0 Å². The van der Waals surface area contributed by atoms with Crippen LogP contribution in [0.15, 0.2) is 11.4 Å². The maximum Gasteiger partial charge on any atom is 0.340 e. The summed E-state index contributed by atoms with van der Waals surface area (Å²) in [6.07, 6.45) is 4.77. The van der Waals surface area contributed by atoms with Crippen molar-refractivity contribution in [2.45, 2.75) is 50.1 Å². The number of nitrogens with two attached hydrogens (primary N) is 1. The number of esters is 1. The molecular weight excluding hydrogens is 378 g/mol. The van der Waals surface area contributed by atoms with E-state index in [1.54, 1.807) is 16.3 Å². The highest BCUT2D eigenvalue weighted by Gasteiger charge is 2.41. The first kappa shape index (κ1) is 20.7. The van der Waals surface area contributed by atoms with E-state index in [-0.39, 0.29) is 24.2 Å². The number of anilines is 1. The molecule has 9 heteroatoms. The second-order valence-corrected chi connectivity index (χ2v) is 7.55. The number of hydrogen-bond acceptors (Lipinski definition) is 6. The van der Waals surface area contributed by atoms with E-state index in [9.17, 15) is 14.4 Å². The molecule has 1 aliphatic heterocycles. The number of thiophene rings is 1. The van der Waals surface area contributed by atoms with Gasteiger partial charge in [-0.2, -0.15) is 0 Å². The van der Waals surface area contributed by atoms with Crippen molar-refractivity contribution in [3.8, 4) is 0 Å². The topological polar surface area (TPSA) is 102 Å². The van der Waals surface area contributed by atoms with Gasteiger partial charge in [0, 0.05) is 6.54 Å². The Labute approximate surface area is 162 Å². The second-order valence-electron chi connectivity index (χ2n) is 6.65. The van der Waals surface area contributed by atoms with E-state index in [1.807, 2.05) is 0 Å². The van der Waals surface area contributed by atoms with Crippen LogP contribution in [0.25, 0.3) is 0 Å². The fourth-order valence-corrected chi connectivity index (χ4v) is 4.42. The number of rotatable bonds is 4. The van der Waals surface area contributed by atoms with Crippen molar-refractivity contribution in [1.82, 2.24) is 5.32 Å². The Kier molecular flexibility index (Phi) is 6.65. The van der Waals surface area contributed by atoms with E-state index in [4.69, 9.17) is 10.5 Å². The molecule has 1 aromatic rings. The fraction of sp³-hybridized carbons (Fsp3) is 0.588. The minimum absolute atomic E-state index is 0. The van der Waals surface area contributed by atoms with Gasteiger partial charge in [-0.05, 0) is 30.7 Å². The Balaban J connectivity index is 0.00000243. The Morgan fingerprint density at radius 1 is 1.35 bits per heavy atom. The van der Waals surface area contributed by atoms with Crippen molar-refractivity contribution >= 4 is 46.5 Å². The zero-order chi connectivity index (χ0) is 18.0. The minimum Gasteiger partial charge on any atom is -0.465 e. The van der Waals surface area contributed by atoms with Crippen LogP contribution in [0.5, 0.6) is 0 Å². The molecule has 0 radical (unpaired) electrons. The highest BCUT2D eigenvalue weighted by molar-refractivity contribution is 7.14. The third kappa shape index (κ3) is 3.87. The van der Waals surface area contributed by atoms with E-state index >= 15 is 0 Å². The van der Waals surface area contributed by atoms with E-state index in [0.717, 1.165) is 19.3 Å². The summed E-state index contributed by atoms with van der Waals surface area (Å²) in [5, 5.41) is 5.14. The average Bonchev–Trinajstić information content (AvgIpc) is 3.22. The number of ether oxygens (including phenoxy) is 1. The number of nitrogens with one attached hydrogen (secondary N) is 1. The molecule has 0 aromatic carbocycles. The van der Waals surface area contributed by atoms with Crippen LogP contribution in [0.1, 0.15) is 48.9 Å². The molecule has 144 valence electrons. The summed E-state index contributed by atoms with van der Waals surface area (Å²) >= 11 is 1.31. The zero-order valence-corrected chi connectivity index (χ0v) is 16.3. The van der Waals surface area contributed by atoms with E-state index < -0.39 is 17.6 Å². The number of carbonyl (C=O) groups is 3. The number of carbonyl (C=O) groups excluding carboxylic acids is 3. The molecule has 0 bridgehead atoms. The largest absolute Gasteiger partial charge is 0.465 e. The van der Waals surface area contributed by atoms with Crippen LogP contribution < -0.4 is 16.0 Å². The van der Waals surface area contributed by atoms with Gasteiger partial charge in [-0.15, -0.1) is 23.7 Å². The van der Waals surface area contributed by atoms with Crippen molar-refractivity contribution in [1.29, 1.82) is 0 Å². The van der Waals surface area contributed by atoms with Crippen LogP contribution in [-0.2, 0) is 14.3 Å². The average molecular weight is 402 g/mol. The smallest absolute Gasteiger partial charge is 0.340 e. The highest BCUT2D eigenvalue weighted by atomic mass is 35.5. The van der Waals surface area contributed by atoms with Crippen LogP contribution in [0, 0.1) is 0 Å². The van der Waals surface area contributed by atoms with Gasteiger partial charge in [-0.25, -0.2) is 4.79 Å². The molecule has 7 nitrogen and oxygen atoms in total. The standard InChI is InChI=1S/C17H23N3O4S.ClH/c1-24-15(22)11-6-10-25-14(11)20-9-5-12(13(20)21)19-16(23)17(18)7-3-2-4-8-17;/h6,10,12H,2-5,7-9,18H2,1H3,(H,19,23);1H. The lowest BCUT2D eigenvalue weighted by molar-refractivity contribution is -0.131. The number of halogens is 1. The third-order valence-corrected chi connectivity index (χ3v) is 5.94. The van der Waals surface area contributed by atoms with Crippen molar-refractivity contribution in [3.05, 3.63) is 17.0 Å². The number of hydrogen-bond donors (Lipinski definition) is 2. The van der Waals surface area contributed by atoms with Crippen molar-refractivity contribution in [2.24, 2.45) is 5.73 Å². The Morgan fingerprint density at radius 3 is 2.69 bits per heavy atom. The third-order valence-electron chi connectivity index (χ3n) is 5.00. The molecule has 0 spiro atoms. The summed E-state index contributed by atoms with van der Waals surface area (Å²) < 4.78 is 4.76. The molecule has 1 saturated carbocycles. The van der Waals surface area contributed by atoms with Gasteiger partial charge >= 0.3 is 5.97 Å². The SMILES string of the molecule is COC(=O)c1ccsc1N1CCC(NC(=O)C2(N)CCCCC2)C1=O.Cl. The van der Waals surface area contributed by atoms with E-state index in [2.05, 4.69) is 5.32 Å². The number of nitrogens with zero attached hydrogens (tertiary/aromatic N) is 1. The lowest BCUT2D eigenvalue weighted by Crippen LogP contribution is -2.58. The summed E-state index contributed by atoms with van der Waals surface area (Å²) in [7, 11) is 1.31. The van der Waals surface area contributed by atoms with Gasteiger partial charge in [0.1, 0.15) is 11.0 Å². The van der Waals surface area contributed by atoms with Crippen LogP contribution in [-0.4, -0.2) is 43.0 Å². The maximum absolute atomic E-state index is 12.7. The molecular formula is C17H24ClN3O4S. The summed E-state index contributed by atoms with van der Waals surface area (Å²) in [6, 6.07) is 1.05. The molecule has 3 rings (SSSR count). The van der Waals surface area contributed by atoms with Gasteiger partial charge in [0.2, 0.25) is 11.8 Å². The molecule has 2 fully saturated rings. The normalized spacial score (nSPS) is 21.8. The maximum atomic E-state index is 12.7. The molecule has 1 atom stereocenters. The molecule has 2 heterocycles. The highest BCUT2D eigenvalue weighted by Crippen LogP contribution is 2.32. The molecule has 1 aromatic heterocycles. The van der Waals surface area contributed by atoms with Crippen LogP contribution in [0.3, 0.4) is 0 Å². The van der Waals surface area contributed by atoms with Gasteiger partial charge in [-0.1, -0.05) is 19.3 Å². The molecule has 1 aliphatic carbocycles. The van der Waals surface area contributed by atoms with Crippen LogP contribution >= 0.6 is 23.7 Å². The minimum atomic E-state index is -0.869. The Bertz CT molecular complexity index is 687. The zero-order valence-electron chi connectivity index (χ0n) is 14.7. The second kappa shape index (κ2) is 8.37. The number of amides is 2. The Hall–Kier alpha value is -1.64. The summed E-state index contributed by atoms with van der Waals surface area (Å²) in [5.41, 5.74) is 5.74. The van der Waals surface area contributed by atoms with Crippen molar-refractivity contribution in [3.63, 3.8) is 0 Å². The summed E-state index contributed by atoms with van der Waals surface area (Å²) in [5.74, 6) is -0.924. The predicted molar refractivity (Wildman–Crippen MR) is 102 cm³/mol. The fourth-order valence-electron chi connectivity index (χ4n) is 3.50. The lowest BCUT2D eigenvalue weighted by Gasteiger charge is -2.32. The van der Waals surface area contributed by atoms with Crippen molar-refractivity contribution in [2.75, 3.05) is 18.6 Å². The Morgan fingerprint density at radius 2 is 2.04 bits per heavy atom. The summed E-state index contributed by atoms with van der Waals surface area (Å²) in [6.45, 7) is 0.450. The quantitative estimate of drug-likeness (QED) is 0.749. The molecule has 2 amide bonds. The van der Waals surface area contributed by atoms with Gasteiger partial charge in [0.05, 0.1) is 18.2 Å². The first-order valence-corrected chi connectivity index (χ1v) is 9.41. The lowest BCUT2D eigenvalue weighted by atomic mass is 9.81. The number of methoxy groups -OCH3 is 1.